The second-order valence-corrected chi connectivity index (χ2v) is 4.29. The molecule has 96 valence electrons. The van der Waals surface area contributed by atoms with Gasteiger partial charge in [0.2, 0.25) is 5.91 Å². The SMILES string of the molecule is O=C(C=Cc1cccc(Cl)c1)Nc1ccccc1F. The van der Waals surface area contributed by atoms with Crippen LogP contribution in [0.3, 0.4) is 0 Å². The first-order chi connectivity index (χ1) is 9.15. The highest BCUT2D eigenvalue weighted by Crippen LogP contribution is 2.14. The van der Waals surface area contributed by atoms with Crippen molar-refractivity contribution in [3.8, 4) is 0 Å². The van der Waals surface area contributed by atoms with Gasteiger partial charge in [-0.15, -0.1) is 0 Å². The molecule has 4 heteroatoms. The fraction of sp³-hybridized carbons (Fsp3) is 0. The van der Waals surface area contributed by atoms with E-state index in [4.69, 9.17) is 11.6 Å². The first-order valence-electron chi connectivity index (χ1n) is 5.64. The minimum atomic E-state index is -0.466. The van der Waals surface area contributed by atoms with Crippen molar-refractivity contribution >= 4 is 29.3 Å². The first-order valence-corrected chi connectivity index (χ1v) is 6.02. The highest BCUT2D eigenvalue weighted by molar-refractivity contribution is 6.30. The van der Waals surface area contributed by atoms with Crippen LogP contribution in [0, 0.1) is 5.82 Å². The fourth-order valence-corrected chi connectivity index (χ4v) is 1.72. The van der Waals surface area contributed by atoms with Gasteiger partial charge in [0.1, 0.15) is 5.82 Å². The number of hydrogen-bond acceptors (Lipinski definition) is 1. The number of carbonyl (C=O) groups excluding carboxylic acids is 1. The van der Waals surface area contributed by atoms with E-state index in [9.17, 15) is 9.18 Å². The topological polar surface area (TPSA) is 29.1 Å². The molecular formula is C15H11ClFNO. The molecule has 0 fully saturated rings. The number of para-hydroxylation sites is 1. The van der Waals surface area contributed by atoms with Crippen LogP contribution in [-0.2, 0) is 4.79 Å². The summed E-state index contributed by atoms with van der Waals surface area (Å²) in [6.07, 6.45) is 2.94. The molecule has 0 heterocycles. The second-order valence-electron chi connectivity index (χ2n) is 3.86. The van der Waals surface area contributed by atoms with E-state index in [0.717, 1.165) is 5.56 Å². The highest BCUT2D eigenvalue weighted by Gasteiger charge is 2.02. The van der Waals surface area contributed by atoms with Gasteiger partial charge in [-0.25, -0.2) is 4.39 Å². The third-order valence-electron chi connectivity index (χ3n) is 2.41. The van der Waals surface area contributed by atoms with Crippen LogP contribution in [-0.4, -0.2) is 5.91 Å². The van der Waals surface area contributed by atoms with Crippen LogP contribution >= 0.6 is 11.6 Å². The molecule has 0 radical (unpaired) electrons. The number of carbonyl (C=O) groups is 1. The van der Waals surface area contributed by atoms with E-state index >= 15 is 0 Å². The molecular weight excluding hydrogens is 265 g/mol. The van der Waals surface area contributed by atoms with Gasteiger partial charge in [-0.1, -0.05) is 35.9 Å². The van der Waals surface area contributed by atoms with Gasteiger partial charge >= 0.3 is 0 Å². The molecule has 0 aliphatic carbocycles. The van der Waals surface area contributed by atoms with E-state index in [-0.39, 0.29) is 5.69 Å². The van der Waals surface area contributed by atoms with Crippen molar-refractivity contribution in [1.29, 1.82) is 0 Å². The Balaban J connectivity index is 2.04. The average Bonchev–Trinajstić information content (AvgIpc) is 2.39. The van der Waals surface area contributed by atoms with E-state index in [1.54, 1.807) is 36.4 Å². The number of hydrogen-bond donors (Lipinski definition) is 1. The van der Waals surface area contributed by atoms with E-state index < -0.39 is 11.7 Å². The van der Waals surface area contributed by atoms with E-state index in [1.165, 1.54) is 18.2 Å². The Labute approximate surface area is 115 Å². The molecule has 0 unspecified atom stereocenters. The van der Waals surface area contributed by atoms with Crippen molar-refractivity contribution in [2.75, 3.05) is 5.32 Å². The van der Waals surface area contributed by atoms with E-state index in [1.807, 2.05) is 6.07 Å². The summed E-state index contributed by atoms with van der Waals surface area (Å²) < 4.78 is 13.3. The fourth-order valence-electron chi connectivity index (χ4n) is 1.52. The summed E-state index contributed by atoms with van der Waals surface area (Å²) >= 11 is 5.83. The van der Waals surface area contributed by atoms with Gasteiger partial charge in [-0.05, 0) is 35.9 Å². The first kappa shape index (κ1) is 13.3. The Morgan fingerprint density at radius 3 is 2.68 bits per heavy atom. The van der Waals surface area contributed by atoms with E-state index in [2.05, 4.69) is 5.32 Å². The third-order valence-corrected chi connectivity index (χ3v) is 2.64. The molecule has 2 rings (SSSR count). The number of anilines is 1. The molecule has 0 saturated carbocycles. The summed E-state index contributed by atoms with van der Waals surface area (Å²) in [5, 5.41) is 3.06. The highest BCUT2D eigenvalue weighted by atomic mass is 35.5. The zero-order valence-corrected chi connectivity index (χ0v) is 10.7. The summed E-state index contributed by atoms with van der Waals surface area (Å²) in [6.45, 7) is 0. The Bertz CT molecular complexity index is 625. The van der Waals surface area contributed by atoms with Crippen LogP contribution in [0.25, 0.3) is 6.08 Å². The minimum absolute atomic E-state index is 0.156. The Morgan fingerprint density at radius 2 is 1.95 bits per heavy atom. The van der Waals surface area contributed by atoms with Gasteiger partial charge in [0.15, 0.2) is 0 Å². The zero-order valence-electron chi connectivity index (χ0n) is 9.94. The molecule has 0 aromatic heterocycles. The number of amides is 1. The van der Waals surface area contributed by atoms with Crippen molar-refractivity contribution in [3.05, 3.63) is 71.0 Å². The van der Waals surface area contributed by atoms with Crippen molar-refractivity contribution in [2.24, 2.45) is 0 Å². The van der Waals surface area contributed by atoms with Gasteiger partial charge in [-0.2, -0.15) is 0 Å². The molecule has 19 heavy (non-hydrogen) atoms. The molecule has 1 amide bonds. The zero-order chi connectivity index (χ0) is 13.7. The molecule has 2 nitrogen and oxygen atoms in total. The minimum Gasteiger partial charge on any atom is -0.320 e. The number of rotatable bonds is 3. The Morgan fingerprint density at radius 1 is 1.16 bits per heavy atom. The summed E-state index contributed by atoms with van der Waals surface area (Å²) in [5.74, 6) is -0.864. The molecule has 0 saturated heterocycles. The van der Waals surface area contributed by atoms with E-state index in [0.29, 0.717) is 5.02 Å². The quantitative estimate of drug-likeness (QED) is 0.839. The van der Waals surface area contributed by atoms with Crippen molar-refractivity contribution in [2.45, 2.75) is 0 Å². The van der Waals surface area contributed by atoms with Gasteiger partial charge in [0.25, 0.3) is 0 Å². The van der Waals surface area contributed by atoms with Gasteiger partial charge in [0.05, 0.1) is 5.69 Å². The second kappa shape index (κ2) is 6.16. The molecule has 2 aromatic carbocycles. The Kier molecular flexibility index (Phi) is 4.31. The van der Waals surface area contributed by atoms with Crippen LogP contribution in [0.4, 0.5) is 10.1 Å². The van der Waals surface area contributed by atoms with Gasteiger partial charge in [0, 0.05) is 11.1 Å². The van der Waals surface area contributed by atoms with Crippen LogP contribution in [0.2, 0.25) is 5.02 Å². The third kappa shape index (κ3) is 3.93. The van der Waals surface area contributed by atoms with Crippen LogP contribution < -0.4 is 5.32 Å². The monoisotopic (exact) mass is 275 g/mol. The smallest absolute Gasteiger partial charge is 0.248 e. The molecule has 1 N–H and O–H groups in total. The lowest BCUT2D eigenvalue weighted by atomic mass is 10.2. The molecule has 0 aliphatic rings. The maximum absolute atomic E-state index is 13.3. The maximum atomic E-state index is 13.3. The lowest BCUT2D eigenvalue weighted by molar-refractivity contribution is -0.111. The van der Waals surface area contributed by atoms with Crippen LogP contribution in [0.15, 0.2) is 54.6 Å². The molecule has 0 bridgehead atoms. The lowest BCUT2D eigenvalue weighted by Gasteiger charge is -2.02. The summed E-state index contributed by atoms with van der Waals surface area (Å²) in [4.78, 5) is 11.6. The number of nitrogens with one attached hydrogen (secondary N) is 1. The summed E-state index contributed by atoms with van der Waals surface area (Å²) in [5.41, 5.74) is 0.958. The largest absolute Gasteiger partial charge is 0.320 e. The Hall–Kier alpha value is -2.13. The molecule has 0 atom stereocenters. The number of benzene rings is 2. The lowest BCUT2D eigenvalue weighted by Crippen LogP contribution is -2.08. The van der Waals surface area contributed by atoms with Crippen molar-refractivity contribution in [3.63, 3.8) is 0 Å². The van der Waals surface area contributed by atoms with Gasteiger partial charge in [-0.3, -0.25) is 4.79 Å². The predicted molar refractivity (Wildman–Crippen MR) is 75.5 cm³/mol. The number of halogens is 2. The predicted octanol–water partition coefficient (Wildman–Crippen LogP) is 4.13. The standard InChI is InChI=1S/C15H11ClFNO/c16-12-5-3-4-11(10-12)8-9-15(19)18-14-7-2-1-6-13(14)17/h1-10H,(H,18,19). The van der Waals surface area contributed by atoms with Crippen LogP contribution in [0.5, 0.6) is 0 Å². The van der Waals surface area contributed by atoms with Gasteiger partial charge < -0.3 is 5.32 Å². The average molecular weight is 276 g/mol. The maximum Gasteiger partial charge on any atom is 0.248 e. The normalized spacial score (nSPS) is 10.6. The molecule has 2 aromatic rings. The summed E-state index contributed by atoms with van der Waals surface area (Å²) in [6, 6.07) is 13.1. The van der Waals surface area contributed by atoms with Crippen molar-refractivity contribution in [1.82, 2.24) is 0 Å². The molecule has 0 aliphatic heterocycles. The van der Waals surface area contributed by atoms with Crippen molar-refractivity contribution < 1.29 is 9.18 Å². The van der Waals surface area contributed by atoms with Crippen LogP contribution in [0.1, 0.15) is 5.56 Å². The molecule has 0 spiro atoms. The summed E-state index contributed by atoms with van der Waals surface area (Å²) in [7, 11) is 0.